The number of carbonyl (C=O) groups is 2. The Balaban J connectivity index is 2.59. The van der Waals surface area contributed by atoms with Gasteiger partial charge in [-0.25, -0.2) is 4.79 Å². The van der Waals surface area contributed by atoms with Gasteiger partial charge in [-0.15, -0.1) is 0 Å². The highest BCUT2D eigenvalue weighted by atomic mass is 16.5. The molecule has 104 valence electrons. The lowest BCUT2D eigenvalue weighted by atomic mass is 10.00. The molecule has 18 heavy (non-hydrogen) atoms. The quantitative estimate of drug-likeness (QED) is 0.695. The third-order valence-electron chi connectivity index (χ3n) is 3.27. The SMILES string of the molecule is COCC(C)CC(=O)N1CCCC[C@@H]1C(=O)OC. The standard InChI is InChI=1S/C13H23NO4/c1-10(9-17-2)8-12(15)14-7-5-4-6-11(14)13(16)18-3/h10-11H,4-9H2,1-3H3/t10?,11-/m1/s1. The first-order valence-electron chi connectivity index (χ1n) is 6.46. The summed E-state index contributed by atoms with van der Waals surface area (Å²) >= 11 is 0. The number of piperidine rings is 1. The highest BCUT2D eigenvalue weighted by molar-refractivity contribution is 5.84. The van der Waals surface area contributed by atoms with E-state index < -0.39 is 6.04 Å². The van der Waals surface area contributed by atoms with E-state index in [0.717, 1.165) is 12.8 Å². The predicted octanol–water partition coefficient (Wildman–Crippen LogP) is 1.21. The molecule has 0 spiro atoms. The molecule has 1 aliphatic rings. The molecule has 1 amide bonds. The van der Waals surface area contributed by atoms with Crippen LogP contribution in [-0.4, -0.2) is 50.2 Å². The first kappa shape index (κ1) is 15.0. The van der Waals surface area contributed by atoms with E-state index in [0.29, 0.717) is 26.0 Å². The summed E-state index contributed by atoms with van der Waals surface area (Å²) in [6, 6.07) is -0.397. The molecule has 5 nitrogen and oxygen atoms in total. The molecule has 0 saturated carbocycles. The Morgan fingerprint density at radius 2 is 2.06 bits per heavy atom. The number of methoxy groups -OCH3 is 2. The molecule has 2 atom stereocenters. The number of rotatable bonds is 5. The Labute approximate surface area is 108 Å². The van der Waals surface area contributed by atoms with Gasteiger partial charge in [-0.1, -0.05) is 6.92 Å². The van der Waals surface area contributed by atoms with Crippen molar-refractivity contribution in [2.45, 2.75) is 38.6 Å². The summed E-state index contributed by atoms with van der Waals surface area (Å²) in [6.07, 6.45) is 3.05. The van der Waals surface area contributed by atoms with E-state index in [4.69, 9.17) is 9.47 Å². The fourth-order valence-corrected chi connectivity index (χ4v) is 2.37. The number of hydrogen-bond donors (Lipinski definition) is 0. The first-order valence-corrected chi connectivity index (χ1v) is 6.46. The number of nitrogens with zero attached hydrogens (tertiary/aromatic N) is 1. The maximum atomic E-state index is 12.2. The van der Waals surface area contributed by atoms with E-state index in [9.17, 15) is 9.59 Å². The average Bonchev–Trinajstić information content (AvgIpc) is 2.38. The normalized spacial score (nSPS) is 21.5. The maximum absolute atomic E-state index is 12.2. The minimum atomic E-state index is -0.397. The molecule has 0 bridgehead atoms. The molecule has 0 aliphatic carbocycles. The summed E-state index contributed by atoms with van der Waals surface area (Å²) in [5, 5.41) is 0. The largest absolute Gasteiger partial charge is 0.467 e. The van der Waals surface area contributed by atoms with E-state index in [1.165, 1.54) is 7.11 Å². The van der Waals surface area contributed by atoms with Gasteiger partial charge >= 0.3 is 5.97 Å². The molecule has 1 aliphatic heterocycles. The molecule has 1 fully saturated rings. The van der Waals surface area contributed by atoms with Crippen LogP contribution in [0.25, 0.3) is 0 Å². The van der Waals surface area contributed by atoms with Crippen LogP contribution in [0.5, 0.6) is 0 Å². The highest BCUT2D eigenvalue weighted by Crippen LogP contribution is 2.20. The minimum absolute atomic E-state index is 0.0228. The summed E-state index contributed by atoms with van der Waals surface area (Å²) in [5.41, 5.74) is 0. The van der Waals surface area contributed by atoms with Crippen LogP contribution in [0.15, 0.2) is 0 Å². The summed E-state index contributed by atoms with van der Waals surface area (Å²) in [5.74, 6) is -0.111. The monoisotopic (exact) mass is 257 g/mol. The van der Waals surface area contributed by atoms with Crippen LogP contribution in [0, 0.1) is 5.92 Å². The molecule has 1 unspecified atom stereocenters. The van der Waals surface area contributed by atoms with Crippen LogP contribution in [0.1, 0.15) is 32.6 Å². The lowest BCUT2D eigenvalue weighted by molar-refractivity contribution is -0.155. The Hall–Kier alpha value is -1.10. The van der Waals surface area contributed by atoms with Crippen molar-refractivity contribution in [2.24, 2.45) is 5.92 Å². The van der Waals surface area contributed by atoms with Gasteiger partial charge in [0.1, 0.15) is 6.04 Å². The Bertz CT molecular complexity index is 293. The zero-order valence-corrected chi connectivity index (χ0v) is 11.5. The molecule has 1 heterocycles. The summed E-state index contributed by atoms with van der Waals surface area (Å²) < 4.78 is 9.79. The van der Waals surface area contributed by atoms with Gasteiger partial charge in [-0.3, -0.25) is 4.79 Å². The second-order valence-electron chi connectivity index (χ2n) is 4.89. The van der Waals surface area contributed by atoms with Crippen molar-refractivity contribution in [3.8, 4) is 0 Å². The molecule has 0 aromatic carbocycles. The summed E-state index contributed by atoms with van der Waals surface area (Å²) in [4.78, 5) is 25.5. The van der Waals surface area contributed by atoms with Crippen molar-refractivity contribution < 1.29 is 19.1 Å². The molecule has 1 rings (SSSR count). The molecule has 5 heteroatoms. The van der Waals surface area contributed by atoms with Crippen molar-refractivity contribution in [2.75, 3.05) is 27.4 Å². The van der Waals surface area contributed by atoms with E-state index in [-0.39, 0.29) is 17.8 Å². The number of carbonyl (C=O) groups excluding carboxylic acids is 2. The number of amides is 1. The molecule has 0 aromatic heterocycles. The molecule has 0 aromatic rings. The molecular weight excluding hydrogens is 234 g/mol. The number of hydrogen-bond acceptors (Lipinski definition) is 4. The second kappa shape index (κ2) is 7.36. The zero-order valence-electron chi connectivity index (χ0n) is 11.5. The van der Waals surface area contributed by atoms with Crippen molar-refractivity contribution in [3.63, 3.8) is 0 Å². The molecule has 0 radical (unpaired) electrons. The van der Waals surface area contributed by atoms with Crippen molar-refractivity contribution >= 4 is 11.9 Å². The minimum Gasteiger partial charge on any atom is -0.467 e. The van der Waals surface area contributed by atoms with Crippen LogP contribution in [0.4, 0.5) is 0 Å². The van der Waals surface area contributed by atoms with Crippen LogP contribution in [-0.2, 0) is 19.1 Å². The Kier molecular flexibility index (Phi) is 6.12. The van der Waals surface area contributed by atoms with Gasteiger partial charge in [0.15, 0.2) is 0 Å². The summed E-state index contributed by atoms with van der Waals surface area (Å²) in [7, 11) is 2.99. The Morgan fingerprint density at radius 1 is 1.33 bits per heavy atom. The van der Waals surface area contributed by atoms with Gasteiger partial charge in [0.25, 0.3) is 0 Å². The molecule has 1 saturated heterocycles. The topological polar surface area (TPSA) is 55.8 Å². The summed E-state index contributed by atoms with van der Waals surface area (Å²) in [6.45, 7) is 3.18. The van der Waals surface area contributed by atoms with Crippen LogP contribution >= 0.6 is 0 Å². The maximum Gasteiger partial charge on any atom is 0.328 e. The van der Waals surface area contributed by atoms with E-state index in [1.807, 2.05) is 6.92 Å². The Morgan fingerprint density at radius 3 is 2.67 bits per heavy atom. The molecular formula is C13H23NO4. The van der Waals surface area contributed by atoms with Gasteiger partial charge in [0.05, 0.1) is 7.11 Å². The average molecular weight is 257 g/mol. The molecule has 0 N–H and O–H groups in total. The van der Waals surface area contributed by atoms with E-state index >= 15 is 0 Å². The van der Waals surface area contributed by atoms with Gasteiger partial charge < -0.3 is 14.4 Å². The van der Waals surface area contributed by atoms with Crippen LogP contribution in [0.3, 0.4) is 0 Å². The third-order valence-corrected chi connectivity index (χ3v) is 3.27. The van der Waals surface area contributed by atoms with Gasteiger partial charge in [-0.05, 0) is 25.2 Å². The van der Waals surface area contributed by atoms with Gasteiger partial charge in [0, 0.05) is 26.7 Å². The third kappa shape index (κ3) is 3.98. The van der Waals surface area contributed by atoms with E-state index in [2.05, 4.69) is 0 Å². The smallest absolute Gasteiger partial charge is 0.328 e. The number of esters is 1. The number of ether oxygens (including phenoxy) is 2. The fraction of sp³-hybridized carbons (Fsp3) is 0.846. The van der Waals surface area contributed by atoms with Crippen molar-refractivity contribution in [1.29, 1.82) is 0 Å². The van der Waals surface area contributed by atoms with Gasteiger partial charge in [0.2, 0.25) is 5.91 Å². The highest BCUT2D eigenvalue weighted by Gasteiger charge is 2.32. The van der Waals surface area contributed by atoms with E-state index in [1.54, 1.807) is 12.0 Å². The number of likely N-dealkylation sites (tertiary alicyclic amines) is 1. The first-order chi connectivity index (χ1) is 8.60. The zero-order chi connectivity index (χ0) is 13.5. The van der Waals surface area contributed by atoms with Crippen LogP contribution < -0.4 is 0 Å². The fourth-order valence-electron chi connectivity index (χ4n) is 2.37. The van der Waals surface area contributed by atoms with Crippen molar-refractivity contribution in [3.05, 3.63) is 0 Å². The predicted molar refractivity (Wildman–Crippen MR) is 67.0 cm³/mol. The lowest BCUT2D eigenvalue weighted by Crippen LogP contribution is -2.48. The lowest BCUT2D eigenvalue weighted by Gasteiger charge is -2.34. The van der Waals surface area contributed by atoms with Crippen LogP contribution in [0.2, 0.25) is 0 Å². The second-order valence-corrected chi connectivity index (χ2v) is 4.89. The van der Waals surface area contributed by atoms with Crippen molar-refractivity contribution in [1.82, 2.24) is 4.90 Å². The van der Waals surface area contributed by atoms with Gasteiger partial charge in [-0.2, -0.15) is 0 Å².